The fourth-order valence-electron chi connectivity index (χ4n) is 4.70. The lowest BCUT2D eigenvalue weighted by atomic mass is 9.81. The standard InChI is InChI=1S/C25H25Cl2F3N4/c1-2-34(24-32-12-18(13-33-24)25(28,29)30)23(10-16-6-4-3-5-7-16)20-15-31-14-19(20)17-8-9-21(26)22(27)11-17/h3-9,11-13,19-20,23,31H,2,10,14-15H2,1H3. The van der Waals surface area contributed by atoms with E-state index >= 15 is 0 Å². The number of hydrogen-bond donors (Lipinski definition) is 1. The van der Waals surface area contributed by atoms with Crippen LogP contribution in [0.25, 0.3) is 0 Å². The van der Waals surface area contributed by atoms with E-state index in [1.165, 1.54) is 0 Å². The molecule has 0 aliphatic carbocycles. The number of benzene rings is 2. The molecule has 0 spiro atoms. The van der Waals surface area contributed by atoms with Gasteiger partial charge in [-0.3, -0.25) is 0 Å². The number of halogens is 5. The quantitative estimate of drug-likeness (QED) is 0.409. The van der Waals surface area contributed by atoms with E-state index in [-0.39, 0.29) is 23.8 Å². The lowest BCUT2D eigenvalue weighted by molar-refractivity contribution is -0.138. The van der Waals surface area contributed by atoms with Crippen LogP contribution < -0.4 is 10.2 Å². The van der Waals surface area contributed by atoms with Gasteiger partial charge in [0, 0.05) is 49.9 Å². The second-order valence-corrected chi connectivity index (χ2v) is 9.23. The number of anilines is 1. The van der Waals surface area contributed by atoms with Crippen LogP contribution >= 0.6 is 23.2 Å². The molecule has 4 rings (SSSR count). The number of alkyl halides is 3. The van der Waals surface area contributed by atoms with Crippen LogP contribution in [0.4, 0.5) is 19.1 Å². The van der Waals surface area contributed by atoms with Crippen molar-refractivity contribution in [3.8, 4) is 0 Å². The monoisotopic (exact) mass is 508 g/mol. The molecule has 3 aromatic rings. The van der Waals surface area contributed by atoms with E-state index in [1.54, 1.807) is 6.07 Å². The van der Waals surface area contributed by atoms with Crippen molar-refractivity contribution in [3.63, 3.8) is 0 Å². The highest BCUT2D eigenvalue weighted by Gasteiger charge is 2.39. The molecular weight excluding hydrogens is 484 g/mol. The van der Waals surface area contributed by atoms with Crippen LogP contribution in [-0.4, -0.2) is 35.6 Å². The summed E-state index contributed by atoms with van der Waals surface area (Å²) in [6, 6.07) is 15.7. The van der Waals surface area contributed by atoms with Crippen molar-refractivity contribution >= 4 is 29.2 Å². The van der Waals surface area contributed by atoms with Gasteiger partial charge in [0.05, 0.1) is 15.6 Å². The molecule has 0 amide bonds. The maximum Gasteiger partial charge on any atom is 0.419 e. The molecule has 34 heavy (non-hydrogen) atoms. The van der Waals surface area contributed by atoms with Gasteiger partial charge in [-0.2, -0.15) is 13.2 Å². The first-order valence-corrected chi connectivity index (χ1v) is 11.9. The van der Waals surface area contributed by atoms with Crippen LogP contribution in [0, 0.1) is 5.92 Å². The average Bonchev–Trinajstić information content (AvgIpc) is 3.31. The highest BCUT2D eigenvalue weighted by molar-refractivity contribution is 6.42. The van der Waals surface area contributed by atoms with Crippen LogP contribution in [0.1, 0.15) is 29.5 Å². The van der Waals surface area contributed by atoms with Gasteiger partial charge in [0.1, 0.15) is 0 Å². The molecule has 1 aliphatic heterocycles. The third-order valence-corrected chi connectivity index (χ3v) is 7.12. The molecule has 1 saturated heterocycles. The largest absolute Gasteiger partial charge is 0.419 e. The number of rotatable bonds is 7. The Morgan fingerprint density at radius 2 is 1.74 bits per heavy atom. The van der Waals surface area contributed by atoms with Crippen LogP contribution in [0.3, 0.4) is 0 Å². The van der Waals surface area contributed by atoms with Gasteiger partial charge in [-0.25, -0.2) is 9.97 Å². The number of likely N-dealkylation sites (N-methyl/N-ethyl adjacent to an activating group) is 1. The average molecular weight is 509 g/mol. The molecule has 0 radical (unpaired) electrons. The lowest BCUT2D eigenvalue weighted by Crippen LogP contribution is -2.45. The minimum absolute atomic E-state index is 0.0569. The SMILES string of the molecule is CCN(c1ncc(C(F)(F)F)cn1)C(Cc1ccccc1)C1CNCC1c1ccc(Cl)c(Cl)c1. The summed E-state index contributed by atoms with van der Waals surface area (Å²) < 4.78 is 39.2. The number of aromatic nitrogens is 2. The second kappa shape index (κ2) is 10.5. The summed E-state index contributed by atoms with van der Waals surface area (Å²) in [6.07, 6.45) is -2.07. The third-order valence-electron chi connectivity index (χ3n) is 6.38. The molecule has 1 aromatic heterocycles. The van der Waals surface area contributed by atoms with E-state index in [4.69, 9.17) is 23.2 Å². The predicted octanol–water partition coefficient (Wildman–Crippen LogP) is 6.24. The first-order chi connectivity index (χ1) is 16.3. The van der Waals surface area contributed by atoms with Crippen molar-refractivity contribution in [1.82, 2.24) is 15.3 Å². The van der Waals surface area contributed by atoms with E-state index in [0.29, 0.717) is 23.0 Å². The molecular formula is C25H25Cl2F3N4. The van der Waals surface area contributed by atoms with Crippen LogP contribution in [-0.2, 0) is 12.6 Å². The van der Waals surface area contributed by atoms with Gasteiger partial charge in [-0.1, -0.05) is 59.6 Å². The fourth-order valence-corrected chi connectivity index (χ4v) is 5.01. The second-order valence-electron chi connectivity index (χ2n) is 8.41. The zero-order chi connectivity index (χ0) is 24.3. The van der Waals surface area contributed by atoms with Crippen molar-refractivity contribution in [1.29, 1.82) is 0 Å². The van der Waals surface area contributed by atoms with E-state index in [0.717, 1.165) is 36.6 Å². The smallest absolute Gasteiger partial charge is 0.337 e. The summed E-state index contributed by atoms with van der Waals surface area (Å²) in [5, 5.41) is 4.49. The molecule has 2 aromatic carbocycles. The molecule has 2 heterocycles. The number of hydrogen-bond acceptors (Lipinski definition) is 4. The first kappa shape index (κ1) is 24.8. The van der Waals surface area contributed by atoms with E-state index in [1.807, 2.05) is 42.2 Å². The Morgan fingerprint density at radius 3 is 2.35 bits per heavy atom. The molecule has 9 heteroatoms. The zero-order valence-corrected chi connectivity index (χ0v) is 20.1. The van der Waals surface area contributed by atoms with Crippen molar-refractivity contribution in [3.05, 3.63) is 87.7 Å². The van der Waals surface area contributed by atoms with Crippen molar-refractivity contribution in [2.24, 2.45) is 5.92 Å². The normalized spacial score (nSPS) is 19.2. The first-order valence-electron chi connectivity index (χ1n) is 11.1. The number of nitrogens with zero attached hydrogens (tertiary/aromatic N) is 3. The highest BCUT2D eigenvalue weighted by atomic mass is 35.5. The van der Waals surface area contributed by atoms with Crippen molar-refractivity contribution < 1.29 is 13.2 Å². The molecule has 3 unspecified atom stereocenters. The maximum atomic E-state index is 13.1. The summed E-state index contributed by atoms with van der Waals surface area (Å²) in [6.45, 7) is 4.03. The molecule has 1 fully saturated rings. The van der Waals surface area contributed by atoms with Gasteiger partial charge in [0.2, 0.25) is 5.95 Å². The summed E-state index contributed by atoms with van der Waals surface area (Å²) in [7, 11) is 0. The fraction of sp³-hybridized carbons (Fsp3) is 0.360. The highest BCUT2D eigenvalue weighted by Crippen LogP contribution is 2.37. The van der Waals surface area contributed by atoms with Gasteiger partial charge < -0.3 is 10.2 Å². The Bertz CT molecular complexity index is 1090. The van der Waals surface area contributed by atoms with Gasteiger partial charge in [-0.05, 0) is 36.6 Å². The van der Waals surface area contributed by atoms with Gasteiger partial charge in [0.15, 0.2) is 0 Å². The van der Waals surface area contributed by atoms with Gasteiger partial charge in [0.25, 0.3) is 0 Å². The Morgan fingerprint density at radius 1 is 1.03 bits per heavy atom. The molecule has 3 atom stereocenters. The zero-order valence-electron chi connectivity index (χ0n) is 18.6. The molecule has 1 aliphatic rings. The summed E-state index contributed by atoms with van der Waals surface area (Å²) in [5.74, 6) is 0.575. The summed E-state index contributed by atoms with van der Waals surface area (Å²) in [5.41, 5.74) is 1.35. The Labute approximate surface area is 207 Å². The molecule has 4 nitrogen and oxygen atoms in total. The summed E-state index contributed by atoms with van der Waals surface area (Å²) in [4.78, 5) is 10.2. The van der Waals surface area contributed by atoms with E-state index in [2.05, 4.69) is 27.4 Å². The Hall–Kier alpha value is -2.35. The Balaban J connectivity index is 1.71. The van der Waals surface area contributed by atoms with Crippen LogP contribution in [0.2, 0.25) is 10.0 Å². The lowest BCUT2D eigenvalue weighted by Gasteiger charge is -2.37. The van der Waals surface area contributed by atoms with E-state index < -0.39 is 11.7 Å². The van der Waals surface area contributed by atoms with Crippen LogP contribution in [0.15, 0.2) is 60.9 Å². The third kappa shape index (κ3) is 5.48. The number of nitrogens with one attached hydrogen (secondary N) is 1. The molecule has 1 N–H and O–H groups in total. The minimum atomic E-state index is -4.48. The maximum absolute atomic E-state index is 13.1. The van der Waals surface area contributed by atoms with Gasteiger partial charge in [-0.15, -0.1) is 0 Å². The predicted molar refractivity (Wildman–Crippen MR) is 130 cm³/mol. The Kier molecular flexibility index (Phi) is 7.65. The van der Waals surface area contributed by atoms with Crippen molar-refractivity contribution in [2.45, 2.75) is 31.5 Å². The van der Waals surface area contributed by atoms with Gasteiger partial charge >= 0.3 is 6.18 Å². The molecule has 0 bridgehead atoms. The van der Waals surface area contributed by atoms with Crippen molar-refractivity contribution in [2.75, 3.05) is 24.5 Å². The molecule has 0 saturated carbocycles. The topological polar surface area (TPSA) is 41.1 Å². The van der Waals surface area contributed by atoms with Crippen LogP contribution in [0.5, 0.6) is 0 Å². The minimum Gasteiger partial charge on any atom is -0.337 e. The summed E-state index contributed by atoms with van der Waals surface area (Å²) >= 11 is 12.5. The van der Waals surface area contributed by atoms with E-state index in [9.17, 15) is 13.2 Å². The molecule has 180 valence electrons.